The van der Waals surface area contributed by atoms with E-state index in [1.165, 1.54) is 0 Å². The molecule has 3 heteroatoms. The molecule has 0 atom stereocenters. The lowest BCUT2D eigenvalue weighted by atomic mass is 9.97. The highest BCUT2D eigenvalue weighted by atomic mass is 16.1. The number of Topliss-reactive ketones (excluding diaryl/α,β-unsaturated/α-hetero) is 1. The predicted octanol–water partition coefficient (Wildman–Crippen LogP) is 2.06. The number of nitrogens with zero attached hydrogens (tertiary/aromatic N) is 2. The first-order valence-electron chi connectivity index (χ1n) is 5.26. The highest BCUT2D eigenvalue weighted by molar-refractivity contribution is 5.97. The van der Waals surface area contributed by atoms with Crippen molar-refractivity contribution >= 4 is 5.78 Å². The van der Waals surface area contributed by atoms with Crippen LogP contribution >= 0.6 is 0 Å². The van der Waals surface area contributed by atoms with Crippen LogP contribution in [0.2, 0.25) is 0 Å². The van der Waals surface area contributed by atoms with Crippen molar-refractivity contribution in [2.75, 3.05) is 0 Å². The summed E-state index contributed by atoms with van der Waals surface area (Å²) >= 11 is 0. The molecule has 1 aromatic rings. The van der Waals surface area contributed by atoms with E-state index >= 15 is 0 Å². The third-order valence-corrected chi connectivity index (χ3v) is 2.60. The van der Waals surface area contributed by atoms with Crippen molar-refractivity contribution in [2.45, 2.75) is 39.7 Å². The van der Waals surface area contributed by atoms with Crippen molar-refractivity contribution in [1.82, 2.24) is 9.78 Å². The van der Waals surface area contributed by atoms with E-state index in [-0.39, 0.29) is 5.78 Å². The summed E-state index contributed by atoms with van der Waals surface area (Å²) in [4.78, 5) is 11.5. The van der Waals surface area contributed by atoms with Gasteiger partial charge in [-0.25, -0.2) is 0 Å². The summed E-state index contributed by atoms with van der Waals surface area (Å²) in [5, 5.41) is 4.28. The number of carbonyl (C=O) groups is 1. The summed E-state index contributed by atoms with van der Waals surface area (Å²) in [6.07, 6.45) is 4.42. The fraction of sp³-hybridized carbons (Fsp3) is 0.636. The maximum Gasteiger partial charge on any atom is 0.166 e. The molecule has 1 aliphatic rings. The zero-order chi connectivity index (χ0) is 10.1. The van der Waals surface area contributed by atoms with Crippen molar-refractivity contribution < 1.29 is 4.79 Å². The second-order valence-electron chi connectivity index (χ2n) is 4.36. The molecule has 2 rings (SSSR count). The van der Waals surface area contributed by atoms with Gasteiger partial charge in [0.1, 0.15) is 0 Å². The fourth-order valence-electron chi connectivity index (χ4n) is 1.96. The zero-order valence-electron chi connectivity index (χ0n) is 8.79. The number of ketones is 1. The monoisotopic (exact) mass is 192 g/mol. The van der Waals surface area contributed by atoms with Crippen LogP contribution in [0.5, 0.6) is 0 Å². The van der Waals surface area contributed by atoms with E-state index in [1.54, 1.807) is 6.20 Å². The number of hydrogen-bond acceptors (Lipinski definition) is 2. The molecule has 0 spiro atoms. The number of rotatable bonds is 2. The molecule has 0 bridgehead atoms. The molecular weight excluding hydrogens is 176 g/mol. The largest absolute Gasteiger partial charge is 0.294 e. The smallest absolute Gasteiger partial charge is 0.166 e. The summed E-state index contributed by atoms with van der Waals surface area (Å²) in [7, 11) is 0. The standard InChI is InChI=1S/C11H16N2O/c1-8(2)7-13-10-4-3-5-11(14)9(10)6-12-13/h6,8H,3-5,7H2,1-2H3. The van der Waals surface area contributed by atoms with Crippen molar-refractivity contribution in [2.24, 2.45) is 5.92 Å². The number of aromatic nitrogens is 2. The van der Waals surface area contributed by atoms with Gasteiger partial charge in [-0.05, 0) is 18.8 Å². The van der Waals surface area contributed by atoms with Gasteiger partial charge in [0.2, 0.25) is 0 Å². The Labute approximate surface area is 84.1 Å². The number of fused-ring (bicyclic) bond motifs is 1. The van der Waals surface area contributed by atoms with Gasteiger partial charge in [-0.1, -0.05) is 13.8 Å². The summed E-state index contributed by atoms with van der Waals surface area (Å²) in [5.74, 6) is 0.845. The van der Waals surface area contributed by atoms with Crippen molar-refractivity contribution in [3.8, 4) is 0 Å². The van der Waals surface area contributed by atoms with Gasteiger partial charge >= 0.3 is 0 Å². The quantitative estimate of drug-likeness (QED) is 0.718. The molecule has 0 saturated carbocycles. The summed E-state index contributed by atoms with van der Waals surface area (Å²) in [6.45, 7) is 5.25. The summed E-state index contributed by atoms with van der Waals surface area (Å²) in [6, 6.07) is 0. The Morgan fingerprint density at radius 2 is 2.29 bits per heavy atom. The lowest BCUT2D eigenvalue weighted by Crippen LogP contribution is -2.15. The van der Waals surface area contributed by atoms with E-state index in [0.29, 0.717) is 12.3 Å². The minimum absolute atomic E-state index is 0.265. The molecule has 3 nitrogen and oxygen atoms in total. The lowest BCUT2D eigenvalue weighted by molar-refractivity contribution is 0.0971. The highest BCUT2D eigenvalue weighted by Gasteiger charge is 2.21. The first-order valence-corrected chi connectivity index (χ1v) is 5.26. The molecule has 0 unspecified atom stereocenters. The van der Waals surface area contributed by atoms with Crippen LogP contribution in [0.1, 0.15) is 42.7 Å². The third-order valence-electron chi connectivity index (χ3n) is 2.60. The Hall–Kier alpha value is -1.12. The van der Waals surface area contributed by atoms with Gasteiger partial charge in [-0.3, -0.25) is 9.48 Å². The van der Waals surface area contributed by atoms with Crippen LogP contribution in [0.25, 0.3) is 0 Å². The SMILES string of the molecule is CC(C)Cn1ncc2c1CCCC2=O. The van der Waals surface area contributed by atoms with Gasteiger partial charge in [-0.15, -0.1) is 0 Å². The molecular formula is C11H16N2O. The Balaban J connectivity index is 2.31. The van der Waals surface area contributed by atoms with Gasteiger partial charge in [-0.2, -0.15) is 5.10 Å². The normalized spacial score (nSPS) is 16.1. The molecule has 0 saturated heterocycles. The molecule has 1 aliphatic carbocycles. The third kappa shape index (κ3) is 1.59. The predicted molar refractivity (Wildman–Crippen MR) is 54.3 cm³/mol. The van der Waals surface area contributed by atoms with Crippen LogP contribution in [0.4, 0.5) is 0 Å². The topological polar surface area (TPSA) is 34.9 Å². The van der Waals surface area contributed by atoms with Gasteiger partial charge in [0.25, 0.3) is 0 Å². The first-order chi connectivity index (χ1) is 6.68. The van der Waals surface area contributed by atoms with E-state index < -0.39 is 0 Å². The van der Waals surface area contributed by atoms with Crippen molar-refractivity contribution in [3.63, 3.8) is 0 Å². The fourth-order valence-corrected chi connectivity index (χ4v) is 1.96. The maximum absolute atomic E-state index is 11.5. The first kappa shape index (κ1) is 9.44. The van der Waals surface area contributed by atoms with Crippen LogP contribution in [-0.2, 0) is 13.0 Å². The summed E-state index contributed by atoms with van der Waals surface area (Å²) < 4.78 is 2.00. The van der Waals surface area contributed by atoms with Crippen LogP contribution < -0.4 is 0 Å². The summed E-state index contributed by atoms with van der Waals surface area (Å²) in [5.41, 5.74) is 2.01. The second-order valence-corrected chi connectivity index (χ2v) is 4.36. The maximum atomic E-state index is 11.5. The van der Waals surface area contributed by atoms with Gasteiger partial charge in [0.15, 0.2) is 5.78 Å². The average Bonchev–Trinajstić information content (AvgIpc) is 2.49. The van der Waals surface area contributed by atoms with E-state index in [0.717, 1.165) is 30.6 Å². The van der Waals surface area contributed by atoms with E-state index in [2.05, 4.69) is 18.9 Å². The highest BCUT2D eigenvalue weighted by Crippen LogP contribution is 2.21. The van der Waals surface area contributed by atoms with Crippen LogP contribution in [-0.4, -0.2) is 15.6 Å². The zero-order valence-corrected chi connectivity index (χ0v) is 8.79. The Morgan fingerprint density at radius 1 is 1.50 bits per heavy atom. The number of carbonyl (C=O) groups excluding carboxylic acids is 1. The van der Waals surface area contributed by atoms with E-state index in [9.17, 15) is 4.79 Å². The Morgan fingerprint density at radius 3 is 3.00 bits per heavy atom. The molecule has 14 heavy (non-hydrogen) atoms. The molecule has 1 aromatic heterocycles. The van der Waals surface area contributed by atoms with Gasteiger partial charge in [0, 0.05) is 18.7 Å². The van der Waals surface area contributed by atoms with Gasteiger partial charge < -0.3 is 0 Å². The Kier molecular flexibility index (Phi) is 2.40. The molecule has 0 aromatic carbocycles. The van der Waals surface area contributed by atoms with Crippen molar-refractivity contribution in [1.29, 1.82) is 0 Å². The van der Waals surface area contributed by atoms with E-state index in [4.69, 9.17) is 0 Å². The molecule has 1 heterocycles. The molecule has 0 radical (unpaired) electrons. The van der Waals surface area contributed by atoms with Crippen LogP contribution in [0.3, 0.4) is 0 Å². The molecule has 76 valence electrons. The Bertz CT molecular complexity index is 352. The number of hydrogen-bond donors (Lipinski definition) is 0. The minimum Gasteiger partial charge on any atom is -0.294 e. The van der Waals surface area contributed by atoms with E-state index in [1.807, 2.05) is 4.68 Å². The van der Waals surface area contributed by atoms with Gasteiger partial charge in [0.05, 0.1) is 11.8 Å². The lowest BCUT2D eigenvalue weighted by Gasteiger charge is -2.14. The second kappa shape index (κ2) is 3.56. The van der Waals surface area contributed by atoms with Crippen LogP contribution in [0.15, 0.2) is 6.20 Å². The molecule has 0 fully saturated rings. The molecule has 0 N–H and O–H groups in total. The van der Waals surface area contributed by atoms with Crippen molar-refractivity contribution in [3.05, 3.63) is 17.5 Å². The molecule has 0 aliphatic heterocycles. The average molecular weight is 192 g/mol. The minimum atomic E-state index is 0.265. The van der Waals surface area contributed by atoms with Crippen LogP contribution in [0, 0.1) is 5.92 Å². The molecule has 0 amide bonds.